The summed E-state index contributed by atoms with van der Waals surface area (Å²) in [5.74, 6) is -0.869. The number of esters is 1. The van der Waals surface area contributed by atoms with E-state index in [1.807, 2.05) is 0 Å². The van der Waals surface area contributed by atoms with Gasteiger partial charge in [0.25, 0.3) is 5.70 Å². The summed E-state index contributed by atoms with van der Waals surface area (Å²) in [5, 5.41) is 9.98. The van der Waals surface area contributed by atoms with Crippen molar-refractivity contribution in [1.82, 2.24) is 0 Å². The number of nitro groups is 1. The van der Waals surface area contributed by atoms with Crippen LogP contribution in [0.1, 0.15) is 0 Å². The molecule has 0 aliphatic rings. The topological polar surface area (TPSA) is 95.5 Å². The molecule has 0 spiro atoms. The van der Waals surface area contributed by atoms with E-state index in [1.54, 1.807) is 0 Å². The van der Waals surface area contributed by atoms with Crippen molar-refractivity contribution in [3.63, 3.8) is 0 Å². The number of carbonyl (C=O) groups excluding carboxylic acids is 1. The second kappa shape index (κ2) is 3.67. The predicted octanol–water partition coefficient (Wildman–Crippen LogP) is -0.723. The minimum Gasteiger partial charge on any atom is -0.467 e. The molecule has 0 heterocycles. The van der Waals surface area contributed by atoms with Crippen LogP contribution in [0.3, 0.4) is 0 Å². The van der Waals surface area contributed by atoms with Crippen LogP contribution in [0.15, 0.2) is 12.3 Å². The number of rotatable bonds is 3. The molecule has 6 nitrogen and oxygen atoms in total. The van der Waals surface area contributed by atoms with Crippen LogP contribution in [0.4, 0.5) is 0 Å². The Morgan fingerprint density at radius 1 is 1.82 bits per heavy atom. The molecule has 1 unspecified atom stereocenters. The van der Waals surface area contributed by atoms with Gasteiger partial charge in [-0.1, -0.05) is 0 Å². The van der Waals surface area contributed by atoms with Crippen molar-refractivity contribution in [2.45, 2.75) is 6.04 Å². The molecule has 0 aliphatic heterocycles. The van der Waals surface area contributed by atoms with E-state index in [9.17, 15) is 14.9 Å². The van der Waals surface area contributed by atoms with Crippen molar-refractivity contribution < 1.29 is 14.5 Å². The summed E-state index contributed by atoms with van der Waals surface area (Å²) in [6.07, 6.45) is 0. The SMILES string of the molecule is C=C(C(N)C(=O)OC)[N+](=O)[O-]. The molecule has 0 aromatic carbocycles. The van der Waals surface area contributed by atoms with Gasteiger partial charge in [-0.05, 0) is 6.58 Å². The van der Waals surface area contributed by atoms with Gasteiger partial charge in [-0.25, -0.2) is 4.79 Å². The minimum absolute atomic E-state index is 0.572. The van der Waals surface area contributed by atoms with Crippen LogP contribution < -0.4 is 5.73 Å². The molecular formula is C5H8N2O4. The van der Waals surface area contributed by atoms with E-state index < -0.39 is 22.6 Å². The summed E-state index contributed by atoms with van der Waals surface area (Å²) in [6, 6.07) is -1.38. The Morgan fingerprint density at radius 3 is 2.55 bits per heavy atom. The number of carbonyl (C=O) groups is 1. The standard InChI is InChI=1S/C5H8N2O4/c1-3(7(9)10)4(6)5(8)11-2/h4H,1,6H2,2H3. The summed E-state index contributed by atoms with van der Waals surface area (Å²) in [7, 11) is 1.09. The molecule has 6 heteroatoms. The molecule has 0 saturated carbocycles. The first kappa shape index (κ1) is 9.57. The Labute approximate surface area is 62.8 Å². The fourth-order valence-electron chi connectivity index (χ4n) is 0.377. The highest BCUT2D eigenvalue weighted by atomic mass is 16.6. The molecule has 2 N–H and O–H groups in total. The largest absolute Gasteiger partial charge is 0.467 e. The van der Waals surface area contributed by atoms with E-state index in [2.05, 4.69) is 11.3 Å². The monoisotopic (exact) mass is 160 g/mol. The van der Waals surface area contributed by atoms with Gasteiger partial charge in [-0.15, -0.1) is 0 Å². The summed E-state index contributed by atoms with van der Waals surface area (Å²) in [5.41, 5.74) is 4.48. The lowest BCUT2D eigenvalue weighted by Crippen LogP contribution is -2.35. The Hall–Kier alpha value is -1.43. The van der Waals surface area contributed by atoms with Gasteiger partial charge in [0.05, 0.1) is 12.0 Å². The first-order valence-electron chi connectivity index (χ1n) is 2.67. The number of methoxy groups -OCH3 is 1. The highest BCUT2D eigenvalue weighted by Gasteiger charge is 2.25. The molecule has 0 aromatic heterocycles. The molecule has 0 bridgehead atoms. The highest BCUT2D eigenvalue weighted by molar-refractivity contribution is 5.78. The van der Waals surface area contributed by atoms with E-state index in [4.69, 9.17) is 5.73 Å². The zero-order chi connectivity index (χ0) is 9.02. The van der Waals surface area contributed by atoms with Crippen LogP contribution in [0.2, 0.25) is 0 Å². The molecule has 0 fully saturated rings. The maximum absolute atomic E-state index is 10.5. The van der Waals surface area contributed by atoms with Gasteiger partial charge in [0, 0.05) is 0 Å². The molecule has 1 atom stereocenters. The van der Waals surface area contributed by atoms with Crippen LogP contribution in [0.5, 0.6) is 0 Å². The van der Waals surface area contributed by atoms with Gasteiger partial charge in [0.2, 0.25) is 0 Å². The van der Waals surface area contributed by atoms with E-state index in [0.717, 1.165) is 7.11 Å². The molecule has 62 valence electrons. The highest BCUT2D eigenvalue weighted by Crippen LogP contribution is 1.98. The van der Waals surface area contributed by atoms with Crippen LogP contribution in [-0.2, 0) is 9.53 Å². The van der Waals surface area contributed by atoms with E-state index in [1.165, 1.54) is 0 Å². The fourth-order valence-corrected chi connectivity index (χ4v) is 0.377. The summed E-state index contributed by atoms with van der Waals surface area (Å²) in [6.45, 7) is 3.00. The molecule has 0 aliphatic carbocycles. The third kappa shape index (κ3) is 2.34. The number of ether oxygens (including phenoxy) is 1. The van der Waals surface area contributed by atoms with Crippen LogP contribution in [0, 0.1) is 10.1 Å². The molecular weight excluding hydrogens is 152 g/mol. The summed E-state index contributed by atoms with van der Waals surface area (Å²) < 4.78 is 4.15. The van der Waals surface area contributed by atoms with Crippen LogP contribution in [0.25, 0.3) is 0 Å². The van der Waals surface area contributed by atoms with Crippen LogP contribution in [-0.4, -0.2) is 24.0 Å². The van der Waals surface area contributed by atoms with Crippen LogP contribution >= 0.6 is 0 Å². The van der Waals surface area contributed by atoms with Crippen molar-refractivity contribution in [3.8, 4) is 0 Å². The van der Waals surface area contributed by atoms with Crippen molar-refractivity contribution in [3.05, 3.63) is 22.4 Å². The maximum Gasteiger partial charge on any atom is 0.333 e. The number of nitrogens with two attached hydrogens (primary N) is 1. The summed E-state index contributed by atoms with van der Waals surface area (Å²) >= 11 is 0. The Balaban J connectivity index is 4.25. The van der Waals surface area contributed by atoms with Gasteiger partial charge in [0.1, 0.15) is 0 Å². The smallest absolute Gasteiger partial charge is 0.333 e. The minimum atomic E-state index is -1.38. The Kier molecular flexibility index (Phi) is 3.19. The average molecular weight is 160 g/mol. The zero-order valence-corrected chi connectivity index (χ0v) is 5.94. The molecule has 0 aromatic rings. The van der Waals surface area contributed by atoms with E-state index >= 15 is 0 Å². The molecule has 0 radical (unpaired) electrons. The first-order valence-corrected chi connectivity index (χ1v) is 2.67. The van der Waals surface area contributed by atoms with Crippen molar-refractivity contribution in [1.29, 1.82) is 0 Å². The number of nitrogens with zero attached hydrogens (tertiary/aromatic N) is 1. The lowest BCUT2D eigenvalue weighted by molar-refractivity contribution is -0.427. The van der Waals surface area contributed by atoms with Crippen molar-refractivity contribution in [2.75, 3.05) is 7.11 Å². The Morgan fingerprint density at radius 2 is 2.27 bits per heavy atom. The lowest BCUT2D eigenvalue weighted by Gasteiger charge is -2.03. The zero-order valence-electron chi connectivity index (χ0n) is 5.94. The second-order valence-corrected chi connectivity index (χ2v) is 1.75. The fraction of sp³-hybridized carbons (Fsp3) is 0.400. The molecule has 0 saturated heterocycles. The normalized spacial score (nSPS) is 11.8. The quantitative estimate of drug-likeness (QED) is 0.334. The van der Waals surface area contributed by atoms with E-state index in [-0.39, 0.29) is 0 Å². The molecule has 0 rings (SSSR count). The summed E-state index contributed by atoms with van der Waals surface area (Å²) in [4.78, 5) is 19.7. The maximum atomic E-state index is 10.5. The number of hydrogen-bond donors (Lipinski definition) is 1. The average Bonchev–Trinajstić information content (AvgIpc) is 2.00. The van der Waals surface area contributed by atoms with Gasteiger partial charge >= 0.3 is 5.97 Å². The van der Waals surface area contributed by atoms with Gasteiger partial charge < -0.3 is 10.5 Å². The first-order chi connectivity index (χ1) is 5.00. The number of hydrogen-bond acceptors (Lipinski definition) is 5. The third-order valence-electron chi connectivity index (χ3n) is 1.05. The molecule has 0 amide bonds. The Bertz CT molecular complexity index is 201. The molecule has 11 heavy (non-hydrogen) atoms. The van der Waals surface area contributed by atoms with Gasteiger partial charge in [-0.2, -0.15) is 0 Å². The van der Waals surface area contributed by atoms with Crippen molar-refractivity contribution >= 4 is 5.97 Å². The van der Waals surface area contributed by atoms with E-state index in [0.29, 0.717) is 0 Å². The predicted molar refractivity (Wildman–Crippen MR) is 36.1 cm³/mol. The van der Waals surface area contributed by atoms with Crippen molar-refractivity contribution in [2.24, 2.45) is 5.73 Å². The third-order valence-corrected chi connectivity index (χ3v) is 1.05. The second-order valence-electron chi connectivity index (χ2n) is 1.75. The van der Waals surface area contributed by atoms with Gasteiger partial charge in [-0.3, -0.25) is 10.1 Å². The van der Waals surface area contributed by atoms with Gasteiger partial charge in [0.15, 0.2) is 6.04 Å². The lowest BCUT2D eigenvalue weighted by atomic mass is 10.2.